The molecular formula is C23H16N2O. The van der Waals surface area contributed by atoms with Gasteiger partial charge in [0.15, 0.2) is 0 Å². The number of rotatable bonds is 2. The lowest BCUT2D eigenvalue weighted by molar-refractivity contribution is 0.475. The molecule has 0 fully saturated rings. The van der Waals surface area contributed by atoms with Crippen LogP contribution in [0.4, 0.5) is 0 Å². The number of nitrogens with zero attached hydrogens (tertiary/aromatic N) is 1. The third-order valence-corrected chi connectivity index (χ3v) is 4.71. The maximum atomic E-state index is 9.75. The van der Waals surface area contributed by atoms with E-state index in [9.17, 15) is 5.11 Å². The monoisotopic (exact) mass is 336 g/mol. The molecule has 0 amide bonds. The van der Waals surface area contributed by atoms with E-state index in [1.54, 1.807) is 12.1 Å². The van der Waals surface area contributed by atoms with Crippen LogP contribution in [0.25, 0.3) is 44.3 Å². The van der Waals surface area contributed by atoms with Gasteiger partial charge in [0, 0.05) is 27.4 Å². The van der Waals surface area contributed by atoms with Crippen LogP contribution in [0.15, 0.2) is 84.9 Å². The number of pyridine rings is 1. The molecule has 0 atom stereocenters. The molecule has 0 aliphatic rings. The van der Waals surface area contributed by atoms with Gasteiger partial charge in [0.05, 0.1) is 16.9 Å². The van der Waals surface area contributed by atoms with Crippen LogP contribution in [0.3, 0.4) is 0 Å². The molecule has 0 aliphatic heterocycles. The lowest BCUT2D eigenvalue weighted by Crippen LogP contribution is -1.88. The quantitative estimate of drug-likeness (QED) is 0.431. The number of para-hydroxylation sites is 2. The zero-order valence-electron chi connectivity index (χ0n) is 14.0. The molecule has 3 nitrogen and oxygen atoms in total. The van der Waals surface area contributed by atoms with Gasteiger partial charge in [0.1, 0.15) is 5.75 Å². The minimum Gasteiger partial charge on any atom is -0.508 e. The van der Waals surface area contributed by atoms with Crippen molar-refractivity contribution in [3.05, 3.63) is 84.9 Å². The van der Waals surface area contributed by atoms with Crippen molar-refractivity contribution in [2.75, 3.05) is 0 Å². The van der Waals surface area contributed by atoms with E-state index in [1.165, 1.54) is 10.8 Å². The molecule has 0 aliphatic carbocycles. The largest absolute Gasteiger partial charge is 0.508 e. The van der Waals surface area contributed by atoms with Gasteiger partial charge in [-0.05, 0) is 30.3 Å². The van der Waals surface area contributed by atoms with E-state index >= 15 is 0 Å². The fraction of sp³-hybridized carbons (Fsp3) is 0. The zero-order chi connectivity index (χ0) is 17.5. The Morgan fingerprint density at radius 2 is 1.46 bits per heavy atom. The van der Waals surface area contributed by atoms with E-state index in [0.717, 1.165) is 33.5 Å². The number of nitrogens with one attached hydrogen (secondary N) is 1. The fourth-order valence-electron chi connectivity index (χ4n) is 3.50. The molecule has 2 N–H and O–H groups in total. The lowest BCUT2D eigenvalue weighted by Gasteiger charge is -2.07. The number of aromatic hydroxyl groups is 1. The predicted octanol–water partition coefficient (Wildman–Crippen LogP) is 5.76. The first kappa shape index (κ1) is 14.7. The third kappa shape index (κ3) is 2.33. The highest BCUT2D eigenvalue weighted by Crippen LogP contribution is 2.33. The molecule has 3 heteroatoms. The standard InChI is InChI=1S/C23H16N2O/c26-16-7-3-6-15(14-16)20-12-5-13-22(24-20)19-10-4-9-18-17-8-1-2-11-21(17)25-23(18)19/h1-14,25-26H. The molecular weight excluding hydrogens is 320 g/mol. The maximum absolute atomic E-state index is 9.75. The van der Waals surface area contributed by atoms with Gasteiger partial charge in [-0.3, -0.25) is 0 Å². The van der Waals surface area contributed by atoms with E-state index in [-0.39, 0.29) is 5.75 Å². The van der Waals surface area contributed by atoms with Crippen molar-refractivity contribution < 1.29 is 5.11 Å². The summed E-state index contributed by atoms with van der Waals surface area (Å²) in [7, 11) is 0. The Balaban J connectivity index is 1.72. The molecule has 0 radical (unpaired) electrons. The second-order valence-electron chi connectivity index (χ2n) is 6.36. The molecule has 3 aromatic carbocycles. The van der Waals surface area contributed by atoms with E-state index in [2.05, 4.69) is 41.4 Å². The van der Waals surface area contributed by atoms with Crippen molar-refractivity contribution >= 4 is 21.8 Å². The number of phenols is 1. The molecule has 5 rings (SSSR count). The minimum absolute atomic E-state index is 0.243. The van der Waals surface area contributed by atoms with Crippen molar-refractivity contribution in [2.45, 2.75) is 0 Å². The van der Waals surface area contributed by atoms with Crippen LogP contribution < -0.4 is 0 Å². The normalized spacial score (nSPS) is 11.2. The van der Waals surface area contributed by atoms with Crippen LogP contribution in [-0.2, 0) is 0 Å². The molecule has 26 heavy (non-hydrogen) atoms. The number of aromatic nitrogens is 2. The highest BCUT2D eigenvalue weighted by molar-refractivity contribution is 6.11. The summed E-state index contributed by atoms with van der Waals surface area (Å²) < 4.78 is 0. The summed E-state index contributed by atoms with van der Waals surface area (Å²) in [5, 5.41) is 12.2. The van der Waals surface area contributed by atoms with Gasteiger partial charge in [-0.2, -0.15) is 0 Å². The third-order valence-electron chi connectivity index (χ3n) is 4.71. The molecule has 0 spiro atoms. The summed E-state index contributed by atoms with van der Waals surface area (Å²) >= 11 is 0. The maximum Gasteiger partial charge on any atom is 0.116 e. The summed E-state index contributed by atoms with van der Waals surface area (Å²) in [5.74, 6) is 0.243. The number of fused-ring (bicyclic) bond motifs is 3. The molecule has 2 aromatic heterocycles. The first-order chi connectivity index (χ1) is 12.8. The molecule has 2 heterocycles. The van der Waals surface area contributed by atoms with Gasteiger partial charge in [-0.15, -0.1) is 0 Å². The smallest absolute Gasteiger partial charge is 0.116 e. The molecule has 0 saturated heterocycles. The second-order valence-corrected chi connectivity index (χ2v) is 6.36. The van der Waals surface area contributed by atoms with Gasteiger partial charge in [0.2, 0.25) is 0 Å². The molecule has 0 saturated carbocycles. The average Bonchev–Trinajstić information content (AvgIpc) is 3.07. The van der Waals surface area contributed by atoms with Gasteiger partial charge >= 0.3 is 0 Å². The van der Waals surface area contributed by atoms with Crippen molar-refractivity contribution in [3.8, 4) is 28.3 Å². The number of H-pyrrole nitrogens is 1. The summed E-state index contributed by atoms with van der Waals surface area (Å²) in [5.41, 5.74) is 5.93. The first-order valence-electron chi connectivity index (χ1n) is 8.56. The first-order valence-corrected chi connectivity index (χ1v) is 8.56. The SMILES string of the molecule is Oc1cccc(-c2cccc(-c3cccc4c3[nH]c3ccccc34)n2)c1. The fourth-order valence-corrected chi connectivity index (χ4v) is 3.50. The Hall–Kier alpha value is -3.59. The Bertz CT molecular complexity index is 1250. The zero-order valence-corrected chi connectivity index (χ0v) is 14.0. The van der Waals surface area contributed by atoms with E-state index in [4.69, 9.17) is 4.98 Å². The predicted molar refractivity (Wildman–Crippen MR) is 106 cm³/mol. The topological polar surface area (TPSA) is 48.9 Å². The van der Waals surface area contributed by atoms with Crippen LogP contribution in [0, 0.1) is 0 Å². The highest BCUT2D eigenvalue weighted by atomic mass is 16.3. The number of hydrogen-bond donors (Lipinski definition) is 2. The average molecular weight is 336 g/mol. The van der Waals surface area contributed by atoms with Gasteiger partial charge in [0.25, 0.3) is 0 Å². The number of aromatic amines is 1. The van der Waals surface area contributed by atoms with Crippen LogP contribution in [-0.4, -0.2) is 15.1 Å². The summed E-state index contributed by atoms with van der Waals surface area (Å²) in [6.45, 7) is 0. The summed E-state index contributed by atoms with van der Waals surface area (Å²) in [4.78, 5) is 8.38. The van der Waals surface area contributed by atoms with E-state index in [1.807, 2.05) is 36.4 Å². The van der Waals surface area contributed by atoms with Crippen molar-refractivity contribution in [2.24, 2.45) is 0 Å². The molecule has 5 aromatic rings. The molecule has 0 bridgehead atoms. The van der Waals surface area contributed by atoms with Crippen molar-refractivity contribution in [1.82, 2.24) is 9.97 Å². The molecule has 124 valence electrons. The van der Waals surface area contributed by atoms with Crippen LogP contribution >= 0.6 is 0 Å². The van der Waals surface area contributed by atoms with Crippen molar-refractivity contribution in [1.29, 1.82) is 0 Å². The summed E-state index contributed by atoms with van der Waals surface area (Å²) in [6, 6.07) is 27.8. The van der Waals surface area contributed by atoms with E-state index < -0.39 is 0 Å². The van der Waals surface area contributed by atoms with Gasteiger partial charge < -0.3 is 10.1 Å². The number of hydrogen-bond acceptors (Lipinski definition) is 2. The Morgan fingerprint density at radius 1 is 0.692 bits per heavy atom. The second kappa shape index (κ2) is 5.74. The van der Waals surface area contributed by atoms with Crippen molar-refractivity contribution in [3.63, 3.8) is 0 Å². The lowest BCUT2D eigenvalue weighted by atomic mass is 10.0. The Morgan fingerprint density at radius 3 is 2.38 bits per heavy atom. The van der Waals surface area contributed by atoms with Gasteiger partial charge in [-0.1, -0.05) is 54.6 Å². The molecule has 0 unspecified atom stereocenters. The number of phenolic OH excluding ortho intramolecular Hbond substituents is 1. The Labute approximate surface area is 150 Å². The minimum atomic E-state index is 0.243. The van der Waals surface area contributed by atoms with Crippen LogP contribution in [0.5, 0.6) is 5.75 Å². The van der Waals surface area contributed by atoms with Crippen LogP contribution in [0.2, 0.25) is 0 Å². The number of benzene rings is 3. The highest BCUT2D eigenvalue weighted by Gasteiger charge is 2.11. The summed E-state index contributed by atoms with van der Waals surface area (Å²) in [6.07, 6.45) is 0. The Kier molecular flexibility index (Phi) is 3.25. The van der Waals surface area contributed by atoms with E-state index in [0.29, 0.717) is 0 Å². The van der Waals surface area contributed by atoms with Crippen LogP contribution in [0.1, 0.15) is 0 Å². The van der Waals surface area contributed by atoms with Gasteiger partial charge in [-0.25, -0.2) is 4.98 Å².